The van der Waals surface area contributed by atoms with Gasteiger partial charge in [0.25, 0.3) is 5.23 Å². The average Bonchev–Trinajstić information content (AvgIpc) is 2.46. The molecular weight excluding hydrogens is 274 g/mol. The van der Waals surface area contributed by atoms with E-state index < -0.39 is 0 Å². The SMILES string of the molecule is COC(=Nc1ccccc1C)SSC1CCCCC1. The molecular formula is C15H21NOS2. The minimum atomic E-state index is 0.755. The second kappa shape index (κ2) is 7.85. The lowest BCUT2D eigenvalue weighted by Gasteiger charge is -2.20. The maximum Gasteiger partial charge on any atom is 0.261 e. The molecule has 0 heterocycles. The van der Waals surface area contributed by atoms with Crippen molar-refractivity contribution in [3.05, 3.63) is 29.8 Å². The molecule has 1 aliphatic carbocycles. The second-order valence-electron chi connectivity index (χ2n) is 4.81. The highest BCUT2D eigenvalue weighted by Gasteiger charge is 2.15. The third-order valence-electron chi connectivity index (χ3n) is 3.31. The van der Waals surface area contributed by atoms with Gasteiger partial charge >= 0.3 is 0 Å². The molecule has 0 radical (unpaired) electrons. The summed E-state index contributed by atoms with van der Waals surface area (Å²) in [6.45, 7) is 2.07. The Bertz CT molecular complexity index is 428. The number of hydrogen-bond acceptors (Lipinski definition) is 4. The summed E-state index contributed by atoms with van der Waals surface area (Å²) >= 11 is 0. The van der Waals surface area contributed by atoms with Crippen molar-refractivity contribution in [3.8, 4) is 0 Å². The first-order valence-electron chi connectivity index (χ1n) is 6.81. The molecule has 2 nitrogen and oxygen atoms in total. The average molecular weight is 295 g/mol. The van der Waals surface area contributed by atoms with Crippen LogP contribution in [-0.4, -0.2) is 17.6 Å². The Balaban J connectivity index is 1.94. The summed E-state index contributed by atoms with van der Waals surface area (Å²) in [5.74, 6) is 0. The van der Waals surface area contributed by atoms with E-state index in [-0.39, 0.29) is 0 Å². The lowest BCUT2D eigenvalue weighted by molar-refractivity contribution is 0.417. The number of hydrogen-bond donors (Lipinski definition) is 0. The fourth-order valence-corrected chi connectivity index (χ4v) is 4.65. The van der Waals surface area contributed by atoms with Crippen LogP contribution >= 0.6 is 21.6 Å². The van der Waals surface area contributed by atoms with Crippen molar-refractivity contribution in [2.24, 2.45) is 4.99 Å². The molecule has 1 aromatic carbocycles. The summed E-state index contributed by atoms with van der Waals surface area (Å²) in [5.41, 5.74) is 2.18. The van der Waals surface area contributed by atoms with Gasteiger partial charge in [-0.05, 0) is 31.4 Å². The number of aliphatic imine (C=N–C) groups is 1. The van der Waals surface area contributed by atoms with Crippen molar-refractivity contribution in [1.82, 2.24) is 0 Å². The van der Waals surface area contributed by atoms with E-state index in [1.807, 2.05) is 29.0 Å². The summed E-state index contributed by atoms with van der Waals surface area (Å²) in [6.07, 6.45) is 6.80. The number of ether oxygens (including phenoxy) is 1. The smallest absolute Gasteiger partial charge is 0.261 e. The first-order valence-corrected chi connectivity index (χ1v) is 9.02. The molecule has 0 atom stereocenters. The second-order valence-corrected chi connectivity index (χ2v) is 7.26. The van der Waals surface area contributed by atoms with Gasteiger partial charge in [-0.15, -0.1) is 0 Å². The molecule has 2 rings (SSSR count). The van der Waals surface area contributed by atoms with Crippen molar-refractivity contribution in [3.63, 3.8) is 0 Å². The van der Waals surface area contributed by atoms with Crippen molar-refractivity contribution >= 4 is 32.5 Å². The Morgan fingerprint density at radius 1 is 1.21 bits per heavy atom. The van der Waals surface area contributed by atoms with Crippen LogP contribution in [0, 0.1) is 6.92 Å². The lowest BCUT2D eigenvalue weighted by Crippen LogP contribution is -2.07. The highest BCUT2D eigenvalue weighted by molar-refractivity contribution is 8.82. The number of methoxy groups -OCH3 is 1. The fourth-order valence-electron chi connectivity index (χ4n) is 2.16. The van der Waals surface area contributed by atoms with Crippen molar-refractivity contribution < 1.29 is 4.74 Å². The minimum absolute atomic E-state index is 0.755. The molecule has 0 aliphatic heterocycles. The third kappa shape index (κ3) is 4.77. The zero-order valence-electron chi connectivity index (χ0n) is 11.6. The van der Waals surface area contributed by atoms with Gasteiger partial charge in [-0.3, -0.25) is 0 Å². The predicted molar refractivity (Wildman–Crippen MR) is 87.3 cm³/mol. The van der Waals surface area contributed by atoms with Crippen molar-refractivity contribution in [2.45, 2.75) is 44.3 Å². The first kappa shape index (κ1) is 14.8. The Labute approximate surface area is 123 Å². The largest absolute Gasteiger partial charge is 0.476 e. The quantitative estimate of drug-likeness (QED) is 0.426. The van der Waals surface area contributed by atoms with E-state index in [1.165, 1.54) is 37.7 Å². The van der Waals surface area contributed by atoms with Crippen LogP contribution in [0.1, 0.15) is 37.7 Å². The molecule has 0 amide bonds. The van der Waals surface area contributed by atoms with Gasteiger partial charge in [-0.1, -0.05) is 48.3 Å². The van der Waals surface area contributed by atoms with Crippen LogP contribution in [0.25, 0.3) is 0 Å². The van der Waals surface area contributed by atoms with Crippen LogP contribution in [0.3, 0.4) is 0 Å². The number of nitrogens with zero attached hydrogens (tertiary/aromatic N) is 1. The maximum atomic E-state index is 5.39. The summed E-state index contributed by atoms with van der Waals surface area (Å²) in [7, 11) is 5.29. The van der Waals surface area contributed by atoms with E-state index in [0.29, 0.717) is 0 Å². The molecule has 0 unspecified atom stereocenters. The lowest BCUT2D eigenvalue weighted by atomic mass is 10.0. The number of rotatable bonds is 3. The zero-order chi connectivity index (χ0) is 13.5. The van der Waals surface area contributed by atoms with Gasteiger partial charge < -0.3 is 4.74 Å². The van der Waals surface area contributed by atoms with Gasteiger partial charge in [0.2, 0.25) is 0 Å². The molecule has 0 saturated heterocycles. The monoisotopic (exact) mass is 295 g/mol. The Kier molecular flexibility index (Phi) is 6.11. The van der Waals surface area contributed by atoms with Crippen LogP contribution < -0.4 is 0 Å². The van der Waals surface area contributed by atoms with Crippen LogP contribution in [0.2, 0.25) is 0 Å². The molecule has 1 saturated carbocycles. The van der Waals surface area contributed by atoms with Gasteiger partial charge in [0.15, 0.2) is 0 Å². The molecule has 19 heavy (non-hydrogen) atoms. The zero-order valence-corrected chi connectivity index (χ0v) is 13.2. The van der Waals surface area contributed by atoms with E-state index >= 15 is 0 Å². The predicted octanol–water partition coefficient (Wildman–Crippen LogP) is 5.34. The van der Waals surface area contributed by atoms with E-state index in [9.17, 15) is 0 Å². The molecule has 1 aromatic rings. The van der Waals surface area contributed by atoms with Crippen molar-refractivity contribution in [1.29, 1.82) is 0 Å². The van der Waals surface area contributed by atoms with Gasteiger partial charge in [0, 0.05) is 16.0 Å². The highest BCUT2D eigenvalue weighted by Crippen LogP contribution is 2.37. The molecule has 104 valence electrons. The van der Waals surface area contributed by atoms with Gasteiger partial charge in [0.1, 0.15) is 0 Å². The van der Waals surface area contributed by atoms with Gasteiger partial charge in [-0.25, -0.2) is 4.99 Å². The van der Waals surface area contributed by atoms with Gasteiger partial charge in [-0.2, -0.15) is 0 Å². The van der Waals surface area contributed by atoms with Crippen LogP contribution in [-0.2, 0) is 4.74 Å². The molecule has 0 aromatic heterocycles. The Morgan fingerprint density at radius 2 is 1.95 bits per heavy atom. The van der Waals surface area contributed by atoms with E-state index in [1.54, 1.807) is 17.9 Å². The molecule has 1 aliphatic rings. The fraction of sp³-hybridized carbons (Fsp3) is 0.533. The van der Waals surface area contributed by atoms with E-state index in [2.05, 4.69) is 18.0 Å². The summed E-state index contributed by atoms with van der Waals surface area (Å²) in [4.78, 5) is 4.60. The number of aryl methyl sites for hydroxylation is 1. The van der Waals surface area contributed by atoms with Gasteiger partial charge in [0.05, 0.1) is 12.8 Å². The Hall–Kier alpha value is -0.610. The number of benzene rings is 1. The first-order chi connectivity index (χ1) is 9.29. The van der Waals surface area contributed by atoms with Crippen LogP contribution in [0.15, 0.2) is 29.3 Å². The van der Waals surface area contributed by atoms with E-state index in [0.717, 1.165) is 16.2 Å². The summed E-state index contributed by atoms with van der Waals surface area (Å²) in [6, 6.07) is 8.15. The summed E-state index contributed by atoms with van der Waals surface area (Å²) < 4.78 is 5.39. The third-order valence-corrected chi connectivity index (χ3v) is 6.08. The van der Waals surface area contributed by atoms with E-state index in [4.69, 9.17) is 4.74 Å². The standard InChI is InChI=1S/C15H21NOS2/c1-12-8-6-7-11-14(12)16-15(17-2)19-18-13-9-4-3-5-10-13/h6-8,11,13H,3-5,9-10H2,1-2H3. The maximum absolute atomic E-state index is 5.39. The molecule has 0 N–H and O–H groups in total. The van der Waals surface area contributed by atoms with Crippen LogP contribution in [0.5, 0.6) is 0 Å². The Morgan fingerprint density at radius 3 is 2.63 bits per heavy atom. The summed E-state index contributed by atoms with van der Waals surface area (Å²) in [5, 5.41) is 1.51. The van der Waals surface area contributed by atoms with Crippen molar-refractivity contribution in [2.75, 3.05) is 7.11 Å². The van der Waals surface area contributed by atoms with Crippen LogP contribution in [0.4, 0.5) is 5.69 Å². The molecule has 0 spiro atoms. The molecule has 1 fully saturated rings. The normalized spacial score (nSPS) is 17.5. The highest BCUT2D eigenvalue weighted by atomic mass is 33.1. The topological polar surface area (TPSA) is 21.6 Å². The number of para-hydroxylation sites is 1. The molecule has 4 heteroatoms. The minimum Gasteiger partial charge on any atom is -0.476 e. The molecule has 0 bridgehead atoms.